The lowest BCUT2D eigenvalue weighted by atomic mass is 10.3. The minimum atomic E-state index is -0.253. The molecule has 0 saturated carbocycles. The van der Waals surface area contributed by atoms with E-state index >= 15 is 0 Å². The number of hydrogen-bond donors (Lipinski definition) is 1. The molecule has 2 heterocycles. The lowest BCUT2D eigenvalue weighted by molar-refractivity contribution is 1.01. The predicted octanol–water partition coefficient (Wildman–Crippen LogP) is 0.971. The largest absolute Gasteiger partial charge is 0.272 e. The molecular formula is C7H4ClN3O. The Hall–Kier alpha value is -1.42. The van der Waals surface area contributed by atoms with E-state index in [1.165, 1.54) is 18.5 Å². The van der Waals surface area contributed by atoms with Crippen molar-refractivity contribution in [3.63, 3.8) is 0 Å². The summed E-state index contributed by atoms with van der Waals surface area (Å²) in [5.41, 5.74) is -0.253. The summed E-state index contributed by atoms with van der Waals surface area (Å²) < 4.78 is 0. The van der Waals surface area contributed by atoms with Gasteiger partial charge in [-0.3, -0.25) is 4.79 Å². The van der Waals surface area contributed by atoms with Crippen LogP contribution in [0.5, 0.6) is 0 Å². The molecule has 0 spiro atoms. The highest BCUT2D eigenvalue weighted by atomic mass is 35.5. The second kappa shape index (κ2) is 2.57. The molecule has 4 nitrogen and oxygen atoms in total. The van der Waals surface area contributed by atoms with Crippen LogP contribution in [0.25, 0.3) is 10.8 Å². The van der Waals surface area contributed by atoms with Gasteiger partial charge >= 0.3 is 0 Å². The number of hydrogen-bond acceptors (Lipinski definition) is 3. The quantitative estimate of drug-likeness (QED) is 0.617. The van der Waals surface area contributed by atoms with Gasteiger partial charge in [0.25, 0.3) is 5.56 Å². The van der Waals surface area contributed by atoms with Gasteiger partial charge in [0.05, 0.1) is 11.6 Å². The van der Waals surface area contributed by atoms with E-state index in [1.54, 1.807) is 0 Å². The number of H-pyrrole nitrogens is 1. The molecule has 0 aliphatic rings. The number of aromatic nitrogens is 3. The third-order valence-electron chi connectivity index (χ3n) is 1.52. The maximum absolute atomic E-state index is 11.1. The van der Waals surface area contributed by atoms with E-state index in [9.17, 15) is 4.79 Å². The fraction of sp³-hybridized carbons (Fsp3) is 0. The van der Waals surface area contributed by atoms with Crippen molar-refractivity contribution in [2.45, 2.75) is 0 Å². The number of rotatable bonds is 0. The van der Waals surface area contributed by atoms with Crippen LogP contribution in [0.2, 0.25) is 5.15 Å². The second-order valence-electron chi connectivity index (χ2n) is 2.29. The first-order valence-electron chi connectivity index (χ1n) is 3.26. The molecule has 0 aliphatic carbocycles. The van der Waals surface area contributed by atoms with Gasteiger partial charge in [-0.05, 0) is 6.07 Å². The van der Waals surface area contributed by atoms with Crippen LogP contribution in [0.15, 0.2) is 23.3 Å². The van der Waals surface area contributed by atoms with Crippen molar-refractivity contribution in [3.05, 3.63) is 34.0 Å². The molecule has 0 bridgehead atoms. The van der Waals surface area contributed by atoms with Crippen LogP contribution in [0.1, 0.15) is 0 Å². The maximum Gasteiger partial charge on any atom is 0.272 e. The van der Waals surface area contributed by atoms with E-state index in [0.717, 1.165) is 0 Å². The molecule has 0 aromatic carbocycles. The fourth-order valence-electron chi connectivity index (χ4n) is 0.961. The smallest absolute Gasteiger partial charge is 0.267 e. The van der Waals surface area contributed by atoms with Gasteiger partial charge in [-0.1, -0.05) is 11.6 Å². The number of pyridine rings is 1. The minimum Gasteiger partial charge on any atom is -0.267 e. The Morgan fingerprint density at radius 3 is 3.08 bits per heavy atom. The van der Waals surface area contributed by atoms with E-state index in [4.69, 9.17) is 11.6 Å². The van der Waals surface area contributed by atoms with Gasteiger partial charge in [0, 0.05) is 11.6 Å². The first kappa shape index (κ1) is 7.24. The first-order chi connectivity index (χ1) is 5.77. The monoisotopic (exact) mass is 181 g/mol. The molecule has 0 saturated heterocycles. The summed E-state index contributed by atoms with van der Waals surface area (Å²) in [6, 6.07) is 1.51. The SMILES string of the molecule is O=c1[nH]ncc2cnc(Cl)cc12. The average Bonchev–Trinajstić information content (AvgIpc) is 2.07. The molecule has 0 radical (unpaired) electrons. The van der Waals surface area contributed by atoms with Crippen LogP contribution in [-0.4, -0.2) is 15.2 Å². The Morgan fingerprint density at radius 2 is 2.25 bits per heavy atom. The zero-order valence-corrected chi connectivity index (χ0v) is 6.67. The van der Waals surface area contributed by atoms with Crippen LogP contribution in [-0.2, 0) is 0 Å². The first-order valence-corrected chi connectivity index (χ1v) is 3.64. The van der Waals surface area contributed by atoms with Crippen molar-refractivity contribution >= 4 is 22.4 Å². The molecule has 0 aliphatic heterocycles. The summed E-state index contributed by atoms with van der Waals surface area (Å²) in [6.45, 7) is 0. The minimum absolute atomic E-state index is 0.253. The van der Waals surface area contributed by atoms with Gasteiger partial charge in [-0.15, -0.1) is 0 Å². The lowest BCUT2D eigenvalue weighted by Gasteiger charge is -1.93. The van der Waals surface area contributed by atoms with Crippen molar-refractivity contribution in [1.82, 2.24) is 15.2 Å². The van der Waals surface area contributed by atoms with Crippen LogP contribution < -0.4 is 5.56 Å². The lowest BCUT2D eigenvalue weighted by Crippen LogP contribution is -2.07. The maximum atomic E-state index is 11.1. The van der Waals surface area contributed by atoms with Gasteiger partial charge in [0.2, 0.25) is 0 Å². The number of nitrogens with one attached hydrogen (secondary N) is 1. The molecule has 2 aromatic rings. The molecule has 0 amide bonds. The van der Waals surface area contributed by atoms with Crippen molar-refractivity contribution in [1.29, 1.82) is 0 Å². The molecular weight excluding hydrogens is 178 g/mol. The molecule has 1 N–H and O–H groups in total. The number of halogens is 1. The van der Waals surface area contributed by atoms with Crippen molar-refractivity contribution in [2.75, 3.05) is 0 Å². The van der Waals surface area contributed by atoms with E-state index in [1.807, 2.05) is 0 Å². The fourth-order valence-corrected chi connectivity index (χ4v) is 1.12. The van der Waals surface area contributed by atoms with Crippen LogP contribution >= 0.6 is 11.6 Å². The van der Waals surface area contributed by atoms with Crippen molar-refractivity contribution < 1.29 is 0 Å². The highest BCUT2D eigenvalue weighted by Gasteiger charge is 1.98. The zero-order valence-electron chi connectivity index (χ0n) is 5.91. The summed E-state index contributed by atoms with van der Waals surface area (Å²) >= 11 is 5.61. The Kier molecular flexibility index (Phi) is 1.55. The van der Waals surface area contributed by atoms with Gasteiger partial charge in [-0.25, -0.2) is 10.1 Å². The molecule has 5 heteroatoms. The number of nitrogens with zero attached hydrogens (tertiary/aromatic N) is 2. The second-order valence-corrected chi connectivity index (χ2v) is 2.68. The molecule has 2 aromatic heterocycles. The van der Waals surface area contributed by atoms with E-state index < -0.39 is 0 Å². The summed E-state index contributed by atoms with van der Waals surface area (Å²) in [6.07, 6.45) is 3.04. The summed E-state index contributed by atoms with van der Waals surface area (Å²) in [5.74, 6) is 0. The highest BCUT2D eigenvalue weighted by molar-refractivity contribution is 6.30. The standard InChI is InChI=1S/C7H4ClN3O/c8-6-1-5-4(2-9-6)3-10-11-7(5)12/h1-3H,(H,11,12). The third kappa shape index (κ3) is 1.06. The Labute approximate surface area is 72.2 Å². The summed E-state index contributed by atoms with van der Waals surface area (Å²) in [7, 11) is 0. The van der Waals surface area contributed by atoms with E-state index in [2.05, 4.69) is 15.2 Å². The number of aromatic amines is 1. The van der Waals surface area contributed by atoms with Crippen molar-refractivity contribution in [3.8, 4) is 0 Å². The van der Waals surface area contributed by atoms with Crippen LogP contribution in [0.4, 0.5) is 0 Å². The Balaban J connectivity index is 2.98. The van der Waals surface area contributed by atoms with Crippen molar-refractivity contribution in [2.24, 2.45) is 0 Å². The highest BCUT2D eigenvalue weighted by Crippen LogP contribution is 2.10. The van der Waals surface area contributed by atoms with Gasteiger partial charge < -0.3 is 0 Å². The summed E-state index contributed by atoms with van der Waals surface area (Å²) in [5, 5.41) is 7.42. The Bertz CT molecular complexity index is 479. The number of fused-ring (bicyclic) bond motifs is 1. The van der Waals surface area contributed by atoms with Gasteiger partial charge in [0.1, 0.15) is 5.15 Å². The predicted molar refractivity (Wildman–Crippen MR) is 45.2 cm³/mol. The molecule has 60 valence electrons. The van der Waals surface area contributed by atoms with Crippen LogP contribution in [0.3, 0.4) is 0 Å². The average molecular weight is 182 g/mol. The normalized spacial score (nSPS) is 10.4. The molecule has 2 rings (SSSR count). The molecule has 0 fully saturated rings. The molecule has 0 unspecified atom stereocenters. The third-order valence-corrected chi connectivity index (χ3v) is 1.72. The van der Waals surface area contributed by atoms with E-state index in [0.29, 0.717) is 15.9 Å². The van der Waals surface area contributed by atoms with E-state index in [-0.39, 0.29) is 5.56 Å². The molecule has 0 atom stereocenters. The van der Waals surface area contributed by atoms with Crippen LogP contribution in [0, 0.1) is 0 Å². The summed E-state index contributed by atoms with van der Waals surface area (Å²) in [4.78, 5) is 14.9. The zero-order chi connectivity index (χ0) is 8.55. The van der Waals surface area contributed by atoms with Gasteiger partial charge in [-0.2, -0.15) is 5.10 Å². The molecule has 12 heavy (non-hydrogen) atoms. The topological polar surface area (TPSA) is 58.6 Å². The Morgan fingerprint density at radius 1 is 1.42 bits per heavy atom. The van der Waals surface area contributed by atoms with Gasteiger partial charge in [0.15, 0.2) is 0 Å².